The smallest absolute Gasteiger partial charge is 0.305 e. The third kappa shape index (κ3) is 12.5. The minimum atomic E-state index is -1.74. The van der Waals surface area contributed by atoms with E-state index in [1.165, 1.54) is 44.7 Å². The van der Waals surface area contributed by atoms with Crippen molar-refractivity contribution in [3.05, 3.63) is 65.9 Å². The van der Waals surface area contributed by atoms with E-state index >= 15 is 0 Å². The number of aliphatic carboxylic acids is 1. The second kappa shape index (κ2) is 20.4. The highest BCUT2D eigenvalue weighted by molar-refractivity contribution is 5.99. The number of carboxylic acids is 1. The molecule has 19 heteroatoms. The van der Waals surface area contributed by atoms with Gasteiger partial charge in [0.1, 0.15) is 41.5 Å². The van der Waals surface area contributed by atoms with E-state index in [1.807, 2.05) is 6.07 Å². The Labute approximate surface area is 359 Å². The molecule has 0 unspecified atom stereocenters. The van der Waals surface area contributed by atoms with Crippen LogP contribution in [0.3, 0.4) is 0 Å². The maximum atomic E-state index is 14.2. The molecule has 2 heterocycles. The van der Waals surface area contributed by atoms with Crippen LogP contribution in [0.5, 0.6) is 5.75 Å². The van der Waals surface area contributed by atoms with Crippen molar-refractivity contribution in [3.8, 4) is 5.75 Å². The van der Waals surface area contributed by atoms with Crippen LogP contribution in [0.15, 0.2) is 54.7 Å². The molecule has 2 aromatic carbocycles. The summed E-state index contributed by atoms with van der Waals surface area (Å²) in [4.78, 5) is 111. The summed E-state index contributed by atoms with van der Waals surface area (Å²) in [6.45, 7) is 9.30. The number of aromatic hydroxyl groups is 1. The molecule has 1 saturated heterocycles. The first-order chi connectivity index (χ1) is 29.0. The van der Waals surface area contributed by atoms with Crippen LogP contribution in [-0.4, -0.2) is 115 Å². The first-order valence-corrected chi connectivity index (χ1v) is 20.5. The topological polar surface area (TPSA) is 308 Å². The summed E-state index contributed by atoms with van der Waals surface area (Å²) in [7, 11) is 0. The average Bonchev–Trinajstić information content (AvgIpc) is 3.86. The van der Waals surface area contributed by atoms with Crippen LogP contribution in [0.4, 0.5) is 0 Å². The van der Waals surface area contributed by atoms with Gasteiger partial charge < -0.3 is 58.1 Å². The highest BCUT2D eigenvalue weighted by Crippen LogP contribution is 2.22. The molecule has 336 valence electrons. The van der Waals surface area contributed by atoms with E-state index in [1.54, 1.807) is 50.4 Å². The van der Waals surface area contributed by atoms with Crippen molar-refractivity contribution in [1.82, 2.24) is 36.5 Å². The standard InChI is InChI=1S/C43H59N9O10/c1-7-23(2)34(38(59)48-31(19-24-14-16-26(53)17-15-24)39(60)52-18-10-13-32(52)35(44)56)50-41(62)43(5,6)51-37(58)29(20-25-22-46-28-12-9-8-11-27(25)28)47-36(57)30(21-33(54)55)49-40(61)42(3,4)45/h8-9,11-12,14-17,22-23,29-32,34,46,53H,7,10,13,18-21,45H2,1-6H3,(H2,44,56)(H,47,57)(H,48,59)(H,49,61)(H,50,62)(H,51,58)(H,54,55)/t23-,29-,30-,31-,32-,34-/m0/s1. The first-order valence-electron chi connectivity index (χ1n) is 20.5. The van der Waals surface area contributed by atoms with Crippen molar-refractivity contribution in [2.45, 2.75) is 121 Å². The van der Waals surface area contributed by atoms with Gasteiger partial charge in [0, 0.05) is 36.5 Å². The van der Waals surface area contributed by atoms with Crippen molar-refractivity contribution < 1.29 is 48.6 Å². The molecule has 1 aromatic heterocycles. The minimum absolute atomic E-state index is 0.00238. The zero-order chi connectivity index (χ0) is 46.1. The Morgan fingerprint density at radius 2 is 1.48 bits per heavy atom. The number of rotatable bonds is 20. The molecule has 3 aromatic rings. The van der Waals surface area contributed by atoms with E-state index in [2.05, 4.69) is 31.6 Å². The van der Waals surface area contributed by atoms with Crippen molar-refractivity contribution in [2.75, 3.05) is 6.54 Å². The van der Waals surface area contributed by atoms with Gasteiger partial charge >= 0.3 is 5.97 Å². The number of aromatic nitrogens is 1. The lowest BCUT2D eigenvalue weighted by Crippen LogP contribution is -2.64. The number of hydrogen-bond acceptors (Lipinski definition) is 10. The molecule has 0 spiro atoms. The van der Waals surface area contributed by atoms with Gasteiger partial charge in [0.05, 0.1) is 12.0 Å². The van der Waals surface area contributed by atoms with Gasteiger partial charge in [-0.25, -0.2) is 0 Å². The Bertz CT molecular complexity index is 2150. The quantitative estimate of drug-likeness (QED) is 0.0733. The summed E-state index contributed by atoms with van der Waals surface area (Å²) in [5.74, 6) is -7.27. The number of likely N-dealkylation sites (tertiary alicyclic amines) is 1. The van der Waals surface area contributed by atoms with E-state index in [4.69, 9.17) is 11.5 Å². The number of nitrogens with zero attached hydrogens (tertiary/aromatic N) is 1. The molecule has 0 radical (unpaired) electrons. The third-order valence-corrected chi connectivity index (χ3v) is 11.0. The number of aromatic amines is 1. The largest absolute Gasteiger partial charge is 0.508 e. The fourth-order valence-corrected chi connectivity index (χ4v) is 7.06. The fourth-order valence-electron chi connectivity index (χ4n) is 7.06. The number of para-hydroxylation sites is 1. The molecule has 0 aliphatic carbocycles. The normalized spacial score (nSPS) is 16.6. The van der Waals surface area contributed by atoms with Crippen molar-refractivity contribution in [1.29, 1.82) is 0 Å². The average molecular weight is 862 g/mol. The fraction of sp³-hybridized carbons (Fsp3) is 0.488. The zero-order valence-corrected chi connectivity index (χ0v) is 35.9. The van der Waals surface area contributed by atoms with Gasteiger partial charge in [0.15, 0.2) is 0 Å². The van der Waals surface area contributed by atoms with Crippen LogP contribution in [0.1, 0.15) is 78.4 Å². The van der Waals surface area contributed by atoms with E-state index in [0.717, 1.165) is 10.9 Å². The summed E-state index contributed by atoms with van der Waals surface area (Å²) < 4.78 is 0. The van der Waals surface area contributed by atoms with Gasteiger partial charge in [-0.3, -0.25) is 38.4 Å². The number of fused-ring (bicyclic) bond motifs is 1. The lowest BCUT2D eigenvalue weighted by Gasteiger charge is -2.33. The molecule has 62 heavy (non-hydrogen) atoms. The van der Waals surface area contributed by atoms with E-state index in [9.17, 15) is 48.6 Å². The highest BCUT2D eigenvalue weighted by Gasteiger charge is 2.41. The molecule has 0 saturated carbocycles. The van der Waals surface area contributed by atoms with Gasteiger partial charge in [-0.1, -0.05) is 50.6 Å². The number of phenolic OH excluding ortho intramolecular Hbond substituents is 1. The molecular formula is C43H59N9O10. The molecule has 12 N–H and O–H groups in total. The predicted molar refractivity (Wildman–Crippen MR) is 228 cm³/mol. The van der Waals surface area contributed by atoms with Crippen molar-refractivity contribution in [2.24, 2.45) is 17.4 Å². The lowest BCUT2D eigenvalue weighted by molar-refractivity contribution is -0.142. The predicted octanol–water partition coefficient (Wildman–Crippen LogP) is 0.227. The summed E-state index contributed by atoms with van der Waals surface area (Å²) in [6.07, 6.45) is 1.99. The number of amides is 7. The highest BCUT2D eigenvalue weighted by atomic mass is 16.4. The summed E-state index contributed by atoms with van der Waals surface area (Å²) in [6, 6.07) is 6.95. The Morgan fingerprint density at radius 3 is 2.10 bits per heavy atom. The van der Waals surface area contributed by atoms with Gasteiger partial charge in [0.25, 0.3) is 0 Å². The van der Waals surface area contributed by atoms with Crippen molar-refractivity contribution in [3.63, 3.8) is 0 Å². The van der Waals surface area contributed by atoms with Crippen LogP contribution in [-0.2, 0) is 51.2 Å². The molecule has 6 atom stereocenters. The molecule has 4 rings (SSSR count). The summed E-state index contributed by atoms with van der Waals surface area (Å²) >= 11 is 0. The molecule has 1 aliphatic rings. The van der Waals surface area contributed by atoms with Crippen LogP contribution in [0.25, 0.3) is 10.9 Å². The van der Waals surface area contributed by atoms with E-state index in [0.29, 0.717) is 30.4 Å². The van der Waals surface area contributed by atoms with Gasteiger partial charge in [-0.05, 0) is 75.8 Å². The number of nitrogens with one attached hydrogen (secondary N) is 6. The third-order valence-electron chi connectivity index (χ3n) is 11.0. The Balaban J connectivity index is 1.59. The maximum absolute atomic E-state index is 14.2. The summed E-state index contributed by atoms with van der Waals surface area (Å²) in [5, 5.41) is 33.2. The van der Waals surface area contributed by atoms with Gasteiger partial charge in [-0.15, -0.1) is 0 Å². The Morgan fingerprint density at radius 1 is 0.839 bits per heavy atom. The molecule has 7 amide bonds. The second-order valence-electron chi connectivity index (χ2n) is 16.9. The van der Waals surface area contributed by atoms with Crippen LogP contribution in [0, 0.1) is 5.92 Å². The van der Waals surface area contributed by atoms with Crippen LogP contribution < -0.4 is 38.1 Å². The van der Waals surface area contributed by atoms with Crippen molar-refractivity contribution >= 4 is 58.2 Å². The Hall–Kier alpha value is -6.50. The first kappa shape index (κ1) is 48.2. The number of primary amides is 1. The number of carbonyl (C=O) groups excluding carboxylic acids is 7. The second-order valence-corrected chi connectivity index (χ2v) is 16.9. The van der Waals surface area contributed by atoms with Gasteiger partial charge in [-0.2, -0.15) is 0 Å². The summed E-state index contributed by atoms with van der Waals surface area (Å²) in [5.41, 5.74) is 10.2. The van der Waals surface area contributed by atoms with Crippen LogP contribution >= 0.6 is 0 Å². The lowest BCUT2D eigenvalue weighted by atomic mass is 9.94. The Kier molecular flexibility index (Phi) is 15.8. The molecule has 1 aliphatic heterocycles. The number of benzene rings is 2. The number of H-pyrrole nitrogens is 1. The number of carboxylic acid groups (broad SMARTS) is 1. The number of phenols is 1. The van der Waals surface area contributed by atoms with Gasteiger partial charge in [0.2, 0.25) is 41.4 Å². The SMILES string of the molecule is CC[C@H](C)[C@H](NC(=O)C(C)(C)NC(=O)[C@H](Cc1c[nH]c2ccccc12)NC(=O)[C@H](CC(=O)O)NC(=O)C(C)(C)N)C(=O)N[C@@H](Cc1ccc(O)cc1)C(=O)N1CCC[C@H]1C(N)=O. The molecule has 0 bridgehead atoms. The van der Waals surface area contributed by atoms with E-state index in [-0.39, 0.29) is 25.1 Å². The van der Waals surface area contributed by atoms with Crippen LogP contribution in [0.2, 0.25) is 0 Å². The molecule has 19 nitrogen and oxygen atoms in total. The number of nitrogens with two attached hydrogens (primary N) is 2. The monoisotopic (exact) mass is 861 g/mol. The van der Waals surface area contributed by atoms with E-state index < -0.39 is 101 Å². The number of hydrogen-bond donors (Lipinski definition) is 10. The maximum Gasteiger partial charge on any atom is 0.305 e. The molecular weight excluding hydrogens is 803 g/mol. The zero-order valence-electron chi connectivity index (χ0n) is 35.9. The molecule has 1 fully saturated rings. The number of carbonyl (C=O) groups is 8. The minimum Gasteiger partial charge on any atom is -0.508 e.